The van der Waals surface area contributed by atoms with Crippen LogP contribution in [0.25, 0.3) is 22.0 Å². The summed E-state index contributed by atoms with van der Waals surface area (Å²) >= 11 is 0. The van der Waals surface area contributed by atoms with Crippen LogP contribution in [-0.2, 0) is 0 Å². The molecule has 0 fully saturated rings. The number of benzene rings is 1. The topological polar surface area (TPSA) is 52.2 Å². The zero-order valence-corrected chi connectivity index (χ0v) is 9.14. The molecule has 2 aromatic heterocycles. The minimum absolute atomic E-state index is 0.106. The van der Waals surface area contributed by atoms with Crippen molar-refractivity contribution in [1.29, 1.82) is 0 Å². The third-order valence-corrected chi connectivity index (χ3v) is 2.76. The maximum Gasteiger partial charge on any atom is 0.336 e. The van der Waals surface area contributed by atoms with E-state index in [4.69, 9.17) is 4.42 Å². The Kier molecular flexibility index (Phi) is 1.92. The minimum Gasteiger partial charge on any atom is -0.420 e. The molecule has 3 rings (SSSR count). The van der Waals surface area contributed by atoms with E-state index in [9.17, 15) is 9.59 Å². The average Bonchev–Trinajstić information content (AvgIpc) is 2.63. The minimum atomic E-state index is -0.413. The van der Waals surface area contributed by atoms with Gasteiger partial charge in [0.25, 0.3) is 0 Å². The van der Waals surface area contributed by atoms with Gasteiger partial charge in [0.2, 0.25) is 5.91 Å². The Morgan fingerprint density at radius 1 is 1.12 bits per heavy atom. The van der Waals surface area contributed by atoms with E-state index in [0.717, 1.165) is 10.9 Å². The molecule has 0 unspecified atom stereocenters. The summed E-state index contributed by atoms with van der Waals surface area (Å²) in [7, 11) is 0. The number of carbonyl (C=O) groups excluding carboxylic acids is 1. The Labute approximate surface area is 96.1 Å². The van der Waals surface area contributed by atoms with Crippen molar-refractivity contribution in [3.8, 4) is 0 Å². The highest BCUT2D eigenvalue weighted by Crippen LogP contribution is 2.27. The van der Waals surface area contributed by atoms with Crippen LogP contribution in [-0.4, -0.2) is 10.5 Å². The highest BCUT2D eigenvalue weighted by molar-refractivity contribution is 6.10. The van der Waals surface area contributed by atoms with Crippen molar-refractivity contribution in [3.05, 3.63) is 46.8 Å². The fraction of sp³-hybridized carbons (Fsp3) is 0.0769. The molecule has 0 N–H and O–H groups in total. The Balaban J connectivity index is 2.66. The molecule has 4 heteroatoms. The molecule has 0 saturated heterocycles. The van der Waals surface area contributed by atoms with Crippen LogP contribution in [0.1, 0.15) is 11.7 Å². The molecule has 0 amide bonds. The second kappa shape index (κ2) is 3.31. The van der Waals surface area contributed by atoms with Crippen molar-refractivity contribution in [2.45, 2.75) is 6.92 Å². The Morgan fingerprint density at radius 3 is 2.65 bits per heavy atom. The van der Waals surface area contributed by atoms with Gasteiger partial charge in [0, 0.05) is 18.4 Å². The molecule has 0 aliphatic rings. The van der Waals surface area contributed by atoms with E-state index in [0.29, 0.717) is 11.1 Å². The molecule has 0 saturated carbocycles. The van der Waals surface area contributed by atoms with Gasteiger partial charge < -0.3 is 4.42 Å². The third-order valence-electron chi connectivity index (χ3n) is 2.76. The lowest BCUT2D eigenvalue weighted by Gasteiger charge is -1.99. The van der Waals surface area contributed by atoms with Crippen molar-refractivity contribution in [2.24, 2.45) is 0 Å². The van der Waals surface area contributed by atoms with Gasteiger partial charge in [-0.25, -0.2) is 4.79 Å². The number of carbonyl (C=O) groups is 1. The lowest BCUT2D eigenvalue weighted by molar-refractivity contribution is 0.0946. The van der Waals surface area contributed by atoms with Gasteiger partial charge >= 0.3 is 5.63 Å². The fourth-order valence-corrected chi connectivity index (χ4v) is 2.11. The molecule has 17 heavy (non-hydrogen) atoms. The van der Waals surface area contributed by atoms with E-state index in [-0.39, 0.29) is 5.91 Å². The van der Waals surface area contributed by atoms with Gasteiger partial charge in [-0.1, -0.05) is 12.1 Å². The third kappa shape index (κ3) is 1.30. The molecule has 3 aromatic rings. The standard InChI is InChI=1S/C13H9NO3/c1-8(15)14-10-5-3-2-4-9(10)13-11(14)6-7-12(16)17-13/h2-7H,1H3. The van der Waals surface area contributed by atoms with Gasteiger partial charge in [-0.2, -0.15) is 0 Å². The van der Waals surface area contributed by atoms with Crippen LogP contribution in [0.4, 0.5) is 0 Å². The number of hydrogen-bond acceptors (Lipinski definition) is 3. The number of rotatable bonds is 0. The van der Waals surface area contributed by atoms with Crippen LogP contribution in [0.5, 0.6) is 0 Å². The maximum atomic E-state index is 11.7. The Hall–Kier alpha value is -2.36. The number of nitrogens with zero attached hydrogens (tertiary/aromatic N) is 1. The van der Waals surface area contributed by atoms with Crippen molar-refractivity contribution in [2.75, 3.05) is 0 Å². The lowest BCUT2D eigenvalue weighted by atomic mass is 10.2. The predicted molar refractivity (Wildman–Crippen MR) is 64.3 cm³/mol. The molecule has 0 aliphatic carbocycles. The van der Waals surface area contributed by atoms with Crippen molar-refractivity contribution < 1.29 is 9.21 Å². The van der Waals surface area contributed by atoms with Crippen LogP contribution >= 0.6 is 0 Å². The van der Waals surface area contributed by atoms with E-state index in [1.165, 1.54) is 13.0 Å². The van der Waals surface area contributed by atoms with Crippen LogP contribution in [0.3, 0.4) is 0 Å². The van der Waals surface area contributed by atoms with Gasteiger partial charge in [-0.3, -0.25) is 9.36 Å². The summed E-state index contributed by atoms with van der Waals surface area (Å²) in [5.74, 6) is -0.106. The molecular formula is C13H9NO3. The zero-order valence-electron chi connectivity index (χ0n) is 9.14. The SMILES string of the molecule is CC(=O)n1c2ccccc2c2oc(=O)ccc21. The van der Waals surface area contributed by atoms with E-state index in [1.54, 1.807) is 10.6 Å². The molecular weight excluding hydrogens is 218 g/mol. The van der Waals surface area contributed by atoms with Gasteiger partial charge in [0.05, 0.1) is 11.0 Å². The second-order valence-corrected chi connectivity index (χ2v) is 3.84. The van der Waals surface area contributed by atoms with Gasteiger partial charge in [-0.05, 0) is 18.2 Å². The van der Waals surface area contributed by atoms with E-state index >= 15 is 0 Å². The number of para-hydroxylation sites is 1. The monoisotopic (exact) mass is 227 g/mol. The smallest absolute Gasteiger partial charge is 0.336 e. The fourth-order valence-electron chi connectivity index (χ4n) is 2.11. The first kappa shape index (κ1) is 9.84. The zero-order chi connectivity index (χ0) is 12.0. The number of hydrogen-bond donors (Lipinski definition) is 0. The molecule has 4 nitrogen and oxygen atoms in total. The highest BCUT2D eigenvalue weighted by Gasteiger charge is 2.14. The first-order chi connectivity index (χ1) is 8.18. The van der Waals surface area contributed by atoms with Crippen LogP contribution in [0.2, 0.25) is 0 Å². The summed E-state index contributed by atoms with van der Waals surface area (Å²) in [5.41, 5.74) is 1.43. The molecule has 0 spiro atoms. The van der Waals surface area contributed by atoms with Crippen LogP contribution in [0, 0.1) is 0 Å². The summed E-state index contributed by atoms with van der Waals surface area (Å²) in [5, 5.41) is 0.774. The summed E-state index contributed by atoms with van der Waals surface area (Å²) in [6, 6.07) is 10.3. The van der Waals surface area contributed by atoms with E-state index < -0.39 is 5.63 Å². The lowest BCUT2D eigenvalue weighted by Crippen LogP contribution is -2.05. The summed E-state index contributed by atoms with van der Waals surface area (Å²) in [6.45, 7) is 1.48. The molecule has 0 bridgehead atoms. The van der Waals surface area contributed by atoms with Gasteiger partial charge in [0.15, 0.2) is 5.58 Å². The second-order valence-electron chi connectivity index (χ2n) is 3.84. The quantitative estimate of drug-likeness (QED) is 0.592. The summed E-state index contributed by atoms with van der Waals surface area (Å²) < 4.78 is 6.73. The molecule has 0 atom stereocenters. The Morgan fingerprint density at radius 2 is 1.88 bits per heavy atom. The van der Waals surface area contributed by atoms with E-state index in [1.807, 2.05) is 24.3 Å². The first-order valence-corrected chi connectivity index (χ1v) is 5.23. The normalized spacial score (nSPS) is 11.1. The highest BCUT2D eigenvalue weighted by atomic mass is 16.4. The molecule has 2 heterocycles. The summed E-state index contributed by atoms with van der Waals surface area (Å²) in [4.78, 5) is 22.9. The van der Waals surface area contributed by atoms with Crippen LogP contribution in [0.15, 0.2) is 45.6 Å². The van der Waals surface area contributed by atoms with Gasteiger partial charge in [-0.15, -0.1) is 0 Å². The Bertz CT molecular complexity index is 795. The molecule has 1 aromatic carbocycles. The maximum absolute atomic E-state index is 11.7. The molecule has 0 radical (unpaired) electrons. The van der Waals surface area contributed by atoms with E-state index in [2.05, 4.69) is 0 Å². The summed E-state index contributed by atoms with van der Waals surface area (Å²) in [6.07, 6.45) is 0. The van der Waals surface area contributed by atoms with Crippen molar-refractivity contribution >= 4 is 27.9 Å². The van der Waals surface area contributed by atoms with Crippen LogP contribution < -0.4 is 5.63 Å². The van der Waals surface area contributed by atoms with Gasteiger partial charge in [0.1, 0.15) is 0 Å². The number of aromatic nitrogens is 1. The van der Waals surface area contributed by atoms with Crippen molar-refractivity contribution in [1.82, 2.24) is 4.57 Å². The van der Waals surface area contributed by atoms with Crippen molar-refractivity contribution in [3.63, 3.8) is 0 Å². The first-order valence-electron chi connectivity index (χ1n) is 5.23. The molecule has 84 valence electrons. The predicted octanol–water partition coefficient (Wildman–Crippen LogP) is 2.41. The largest absolute Gasteiger partial charge is 0.420 e. The average molecular weight is 227 g/mol. The molecule has 0 aliphatic heterocycles. The number of fused-ring (bicyclic) bond motifs is 3.